The molecular formula is C23H16ClN3O4S. The van der Waals surface area contributed by atoms with Crippen molar-refractivity contribution in [2.75, 3.05) is 0 Å². The molecule has 0 aliphatic carbocycles. The Morgan fingerprint density at radius 1 is 1.06 bits per heavy atom. The summed E-state index contributed by atoms with van der Waals surface area (Å²) in [4.78, 5) is 12.0. The van der Waals surface area contributed by atoms with E-state index in [4.69, 9.17) is 20.4 Å². The van der Waals surface area contributed by atoms with Crippen molar-refractivity contribution in [3.8, 4) is 17.1 Å². The van der Waals surface area contributed by atoms with Gasteiger partial charge >= 0.3 is 5.63 Å². The Labute approximate surface area is 191 Å². The van der Waals surface area contributed by atoms with Gasteiger partial charge in [-0.15, -0.1) is 10.2 Å². The second kappa shape index (κ2) is 8.57. The van der Waals surface area contributed by atoms with E-state index in [1.807, 2.05) is 28.8 Å². The molecule has 0 aliphatic heterocycles. The molecule has 5 aromatic rings. The Bertz CT molecular complexity index is 1440. The van der Waals surface area contributed by atoms with Gasteiger partial charge in [0.05, 0.1) is 12.8 Å². The van der Waals surface area contributed by atoms with Crippen molar-refractivity contribution in [1.29, 1.82) is 0 Å². The first-order valence-electron chi connectivity index (χ1n) is 9.67. The summed E-state index contributed by atoms with van der Waals surface area (Å²) in [6, 6.07) is 17.3. The van der Waals surface area contributed by atoms with Crippen molar-refractivity contribution >= 4 is 34.3 Å². The maximum atomic E-state index is 12.0. The van der Waals surface area contributed by atoms with Crippen LogP contribution in [0.2, 0.25) is 5.02 Å². The number of phenolic OH excluding ortho intramolecular Hbond substituents is 1. The van der Waals surface area contributed by atoms with Crippen LogP contribution in [-0.2, 0) is 12.3 Å². The van der Waals surface area contributed by atoms with Gasteiger partial charge in [0, 0.05) is 33.9 Å². The van der Waals surface area contributed by atoms with Crippen LogP contribution in [-0.4, -0.2) is 19.9 Å². The highest BCUT2D eigenvalue weighted by Crippen LogP contribution is 2.30. The molecular weight excluding hydrogens is 450 g/mol. The Balaban J connectivity index is 1.51. The van der Waals surface area contributed by atoms with Gasteiger partial charge in [-0.25, -0.2) is 4.79 Å². The normalized spacial score (nSPS) is 11.3. The SMILES string of the molecule is O=c1cc(CSc2nnc(-c3ccc(Cl)cc3)n2Cc2ccco2)c2ccc(O)cc2o1. The van der Waals surface area contributed by atoms with Gasteiger partial charge in [-0.2, -0.15) is 0 Å². The zero-order chi connectivity index (χ0) is 22.1. The van der Waals surface area contributed by atoms with Crippen LogP contribution in [0.4, 0.5) is 0 Å². The zero-order valence-corrected chi connectivity index (χ0v) is 18.1. The van der Waals surface area contributed by atoms with Gasteiger partial charge in [-0.1, -0.05) is 23.4 Å². The van der Waals surface area contributed by atoms with Crippen LogP contribution in [0.1, 0.15) is 11.3 Å². The van der Waals surface area contributed by atoms with E-state index in [0.717, 1.165) is 22.3 Å². The quantitative estimate of drug-likeness (QED) is 0.267. The van der Waals surface area contributed by atoms with Crippen LogP contribution in [0.5, 0.6) is 5.75 Å². The lowest BCUT2D eigenvalue weighted by Gasteiger charge is -2.10. The van der Waals surface area contributed by atoms with Crippen LogP contribution in [0.3, 0.4) is 0 Å². The molecule has 3 aromatic heterocycles. The maximum Gasteiger partial charge on any atom is 0.336 e. The van der Waals surface area contributed by atoms with Gasteiger partial charge in [-0.3, -0.25) is 4.57 Å². The molecule has 0 radical (unpaired) electrons. The predicted octanol–water partition coefficient (Wildman–Crippen LogP) is 5.34. The van der Waals surface area contributed by atoms with E-state index < -0.39 is 5.63 Å². The number of halogens is 1. The summed E-state index contributed by atoms with van der Waals surface area (Å²) in [6.07, 6.45) is 1.62. The molecule has 9 heteroatoms. The number of phenols is 1. The average molecular weight is 466 g/mol. The van der Waals surface area contributed by atoms with Crippen molar-refractivity contribution in [2.45, 2.75) is 17.5 Å². The van der Waals surface area contributed by atoms with Crippen LogP contribution < -0.4 is 5.63 Å². The standard InChI is InChI=1S/C23H16ClN3O4S/c24-16-5-3-14(4-6-16)22-25-26-23(27(22)12-18-2-1-9-30-18)32-13-15-10-21(29)31-20-11-17(28)7-8-19(15)20/h1-11,28H,12-13H2. The molecule has 0 unspecified atom stereocenters. The topological polar surface area (TPSA) is 94.3 Å². The molecule has 32 heavy (non-hydrogen) atoms. The average Bonchev–Trinajstić information content (AvgIpc) is 3.43. The summed E-state index contributed by atoms with van der Waals surface area (Å²) >= 11 is 7.48. The zero-order valence-electron chi connectivity index (χ0n) is 16.6. The Hall–Kier alpha value is -3.49. The molecule has 0 amide bonds. The largest absolute Gasteiger partial charge is 0.508 e. The number of furan rings is 1. The predicted molar refractivity (Wildman–Crippen MR) is 122 cm³/mol. The number of benzene rings is 2. The van der Waals surface area contributed by atoms with Crippen LogP contribution >= 0.6 is 23.4 Å². The van der Waals surface area contributed by atoms with E-state index in [9.17, 15) is 9.90 Å². The van der Waals surface area contributed by atoms with E-state index in [1.165, 1.54) is 23.9 Å². The lowest BCUT2D eigenvalue weighted by Crippen LogP contribution is -2.04. The Morgan fingerprint density at radius 2 is 1.91 bits per heavy atom. The lowest BCUT2D eigenvalue weighted by molar-refractivity contribution is 0.473. The molecule has 7 nitrogen and oxygen atoms in total. The first-order valence-corrected chi connectivity index (χ1v) is 11.0. The summed E-state index contributed by atoms with van der Waals surface area (Å²) in [5.41, 5.74) is 1.52. The Kier molecular flexibility index (Phi) is 5.46. The molecule has 0 saturated heterocycles. The highest BCUT2D eigenvalue weighted by molar-refractivity contribution is 7.98. The highest BCUT2D eigenvalue weighted by atomic mass is 35.5. The number of hydrogen-bond donors (Lipinski definition) is 1. The van der Waals surface area contributed by atoms with Crippen molar-refractivity contribution in [3.63, 3.8) is 0 Å². The highest BCUT2D eigenvalue weighted by Gasteiger charge is 2.17. The van der Waals surface area contributed by atoms with Crippen LogP contribution in [0.25, 0.3) is 22.4 Å². The minimum absolute atomic E-state index is 0.0382. The molecule has 3 heterocycles. The van der Waals surface area contributed by atoms with Gasteiger partial charge in [-0.05, 0) is 54.1 Å². The maximum absolute atomic E-state index is 12.0. The van der Waals surface area contributed by atoms with Gasteiger partial charge in [0.15, 0.2) is 11.0 Å². The molecule has 160 valence electrons. The third-order valence-corrected chi connectivity index (χ3v) is 6.15. The number of thioether (sulfide) groups is 1. The van der Waals surface area contributed by atoms with E-state index in [1.54, 1.807) is 30.5 Å². The molecule has 0 fully saturated rings. The monoisotopic (exact) mass is 465 g/mol. The van der Waals surface area contributed by atoms with Crippen LogP contribution in [0, 0.1) is 0 Å². The van der Waals surface area contributed by atoms with E-state index in [-0.39, 0.29) is 5.75 Å². The smallest absolute Gasteiger partial charge is 0.336 e. The number of rotatable bonds is 6. The Morgan fingerprint density at radius 3 is 2.69 bits per heavy atom. The van der Waals surface area contributed by atoms with Gasteiger partial charge in [0.1, 0.15) is 17.1 Å². The van der Waals surface area contributed by atoms with Gasteiger partial charge < -0.3 is 13.9 Å². The fourth-order valence-electron chi connectivity index (χ4n) is 3.39. The van der Waals surface area contributed by atoms with E-state index in [2.05, 4.69) is 10.2 Å². The summed E-state index contributed by atoms with van der Waals surface area (Å²) in [6.45, 7) is 0.450. The first-order chi connectivity index (χ1) is 15.6. The van der Waals surface area contributed by atoms with Crippen molar-refractivity contribution in [2.24, 2.45) is 0 Å². The fourth-order valence-corrected chi connectivity index (χ4v) is 4.44. The van der Waals surface area contributed by atoms with Gasteiger partial charge in [0.2, 0.25) is 0 Å². The number of aromatic hydroxyl groups is 1. The second-order valence-electron chi connectivity index (χ2n) is 7.04. The molecule has 0 atom stereocenters. The lowest BCUT2D eigenvalue weighted by atomic mass is 10.1. The minimum atomic E-state index is -0.474. The van der Waals surface area contributed by atoms with Crippen molar-refractivity contribution < 1.29 is 13.9 Å². The molecule has 0 spiro atoms. The van der Waals surface area contributed by atoms with Crippen molar-refractivity contribution in [3.05, 3.63) is 93.7 Å². The minimum Gasteiger partial charge on any atom is -0.508 e. The summed E-state index contributed by atoms with van der Waals surface area (Å²) in [5.74, 6) is 1.95. The number of hydrogen-bond acceptors (Lipinski definition) is 7. The first kappa shape index (κ1) is 20.4. The molecule has 0 aliphatic rings. The van der Waals surface area contributed by atoms with Crippen molar-refractivity contribution in [1.82, 2.24) is 14.8 Å². The number of nitrogens with zero attached hydrogens (tertiary/aromatic N) is 3. The molecule has 5 rings (SSSR count). The third kappa shape index (κ3) is 4.15. The fraction of sp³-hybridized carbons (Fsp3) is 0.0870. The van der Waals surface area contributed by atoms with Crippen LogP contribution in [0.15, 0.2) is 85.7 Å². The summed E-state index contributed by atoms with van der Waals surface area (Å²) in [7, 11) is 0. The second-order valence-corrected chi connectivity index (χ2v) is 8.42. The number of aromatic nitrogens is 3. The molecule has 2 aromatic carbocycles. The molecule has 0 saturated carbocycles. The third-order valence-electron chi connectivity index (χ3n) is 4.88. The summed E-state index contributed by atoms with van der Waals surface area (Å²) < 4.78 is 12.7. The van der Waals surface area contributed by atoms with Gasteiger partial charge in [0.25, 0.3) is 0 Å². The summed E-state index contributed by atoms with van der Waals surface area (Å²) in [5, 5.41) is 20.5. The van der Waals surface area contributed by atoms with E-state index in [0.29, 0.717) is 33.9 Å². The molecule has 0 bridgehead atoms. The number of fused-ring (bicyclic) bond motifs is 1. The molecule has 1 N–H and O–H groups in total. The van der Waals surface area contributed by atoms with E-state index >= 15 is 0 Å².